The first kappa shape index (κ1) is 13.4. The molecule has 3 rings (SSSR count). The van der Waals surface area contributed by atoms with Gasteiger partial charge in [0, 0.05) is 33.8 Å². The molecule has 1 aromatic heterocycles. The lowest BCUT2D eigenvalue weighted by Gasteiger charge is -2.10. The van der Waals surface area contributed by atoms with E-state index in [9.17, 15) is 4.79 Å². The Morgan fingerprint density at radius 3 is 2.85 bits per heavy atom. The molecule has 2 heterocycles. The van der Waals surface area contributed by atoms with Gasteiger partial charge in [-0.2, -0.15) is 0 Å². The molecular weight excluding hydrogens is 254 g/mol. The molecule has 5 nitrogen and oxygen atoms in total. The van der Waals surface area contributed by atoms with Crippen LogP contribution >= 0.6 is 0 Å². The molecule has 0 radical (unpaired) electrons. The van der Waals surface area contributed by atoms with Crippen molar-refractivity contribution in [2.75, 3.05) is 13.2 Å². The minimum absolute atomic E-state index is 0.0180. The predicted octanol–water partition coefficient (Wildman–Crippen LogP) is 1.15. The first-order chi connectivity index (χ1) is 9.66. The van der Waals surface area contributed by atoms with Crippen LogP contribution in [-0.4, -0.2) is 28.4 Å². The number of aromatic nitrogens is 2. The summed E-state index contributed by atoms with van der Waals surface area (Å²) in [5.74, 6) is 0. The Labute approximate surface area is 118 Å². The van der Waals surface area contributed by atoms with Gasteiger partial charge in [0.2, 0.25) is 0 Å². The summed E-state index contributed by atoms with van der Waals surface area (Å²) in [4.78, 5) is 11.9. The van der Waals surface area contributed by atoms with Crippen LogP contribution in [0.5, 0.6) is 0 Å². The number of imidazole rings is 1. The van der Waals surface area contributed by atoms with Gasteiger partial charge >= 0.3 is 5.69 Å². The molecule has 0 bridgehead atoms. The number of fused-ring (bicyclic) bond motifs is 1. The van der Waals surface area contributed by atoms with Crippen molar-refractivity contribution in [1.82, 2.24) is 14.5 Å². The van der Waals surface area contributed by atoms with E-state index in [4.69, 9.17) is 4.74 Å². The molecular formula is C15H21N3O2. The van der Waals surface area contributed by atoms with Crippen LogP contribution in [0.3, 0.4) is 0 Å². The standard InChI is InChI=1S/C15H21N3O2/c1-17-13-6-5-11(8-14(13)18(2)15(17)19)9-16-10-12-4-3-7-20-12/h5-6,8,12,16H,3-4,7,9-10H2,1-2H3/t12-/m0/s1. The SMILES string of the molecule is Cn1c(=O)n(C)c2cc(CNC[C@@H]3CCCO3)ccc21. The minimum Gasteiger partial charge on any atom is -0.377 e. The van der Waals surface area contributed by atoms with E-state index in [1.807, 2.05) is 13.1 Å². The molecule has 1 aromatic carbocycles. The molecule has 2 aromatic rings. The van der Waals surface area contributed by atoms with Crippen molar-refractivity contribution < 1.29 is 4.74 Å². The topological polar surface area (TPSA) is 48.2 Å². The van der Waals surface area contributed by atoms with Crippen LogP contribution in [-0.2, 0) is 25.4 Å². The van der Waals surface area contributed by atoms with Gasteiger partial charge < -0.3 is 10.1 Å². The van der Waals surface area contributed by atoms with Crippen LogP contribution in [0.15, 0.2) is 23.0 Å². The molecule has 5 heteroatoms. The first-order valence-corrected chi connectivity index (χ1v) is 7.13. The molecule has 1 aliphatic rings. The number of nitrogens with zero attached hydrogens (tertiary/aromatic N) is 2. The summed E-state index contributed by atoms with van der Waals surface area (Å²) in [5.41, 5.74) is 3.16. The molecule has 1 fully saturated rings. The van der Waals surface area contributed by atoms with Crippen LogP contribution in [0.4, 0.5) is 0 Å². The third-order valence-corrected chi connectivity index (χ3v) is 4.06. The van der Waals surface area contributed by atoms with Crippen LogP contribution in [0.25, 0.3) is 11.0 Å². The van der Waals surface area contributed by atoms with E-state index < -0.39 is 0 Å². The lowest BCUT2D eigenvalue weighted by atomic mass is 10.2. The Morgan fingerprint density at radius 1 is 1.30 bits per heavy atom. The monoisotopic (exact) mass is 275 g/mol. The Kier molecular flexibility index (Phi) is 3.63. The van der Waals surface area contributed by atoms with E-state index in [2.05, 4.69) is 17.4 Å². The predicted molar refractivity (Wildman–Crippen MR) is 78.8 cm³/mol. The Balaban J connectivity index is 1.72. The van der Waals surface area contributed by atoms with E-state index in [0.29, 0.717) is 6.10 Å². The van der Waals surface area contributed by atoms with Crippen molar-refractivity contribution in [2.45, 2.75) is 25.5 Å². The van der Waals surface area contributed by atoms with Crippen molar-refractivity contribution >= 4 is 11.0 Å². The number of aryl methyl sites for hydroxylation is 2. The van der Waals surface area contributed by atoms with Crippen molar-refractivity contribution in [3.63, 3.8) is 0 Å². The number of benzene rings is 1. The summed E-state index contributed by atoms with van der Waals surface area (Å²) in [6.45, 7) is 2.59. The lowest BCUT2D eigenvalue weighted by molar-refractivity contribution is 0.110. The van der Waals surface area contributed by atoms with Crippen molar-refractivity contribution in [3.8, 4) is 0 Å². The Hall–Kier alpha value is -1.59. The fraction of sp³-hybridized carbons (Fsp3) is 0.533. The molecule has 1 saturated heterocycles. The highest BCUT2D eigenvalue weighted by molar-refractivity contribution is 5.76. The fourth-order valence-corrected chi connectivity index (χ4v) is 2.85. The summed E-state index contributed by atoms with van der Waals surface area (Å²) in [6.07, 6.45) is 2.68. The second-order valence-electron chi connectivity index (χ2n) is 5.49. The quantitative estimate of drug-likeness (QED) is 0.910. The van der Waals surface area contributed by atoms with Gasteiger partial charge in [0.15, 0.2) is 0 Å². The van der Waals surface area contributed by atoms with E-state index in [1.165, 1.54) is 12.0 Å². The minimum atomic E-state index is 0.0180. The maximum atomic E-state index is 11.9. The van der Waals surface area contributed by atoms with Gasteiger partial charge in [-0.15, -0.1) is 0 Å². The first-order valence-electron chi connectivity index (χ1n) is 7.13. The second kappa shape index (κ2) is 5.42. The average molecular weight is 275 g/mol. The fourth-order valence-electron chi connectivity index (χ4n) is 2.85. The van der Waals surface area contributed by atoms with Gasteiger partial charge in [-0.05, 0) is 30.5 Å². The average Bonchev–Trinajstić information content (AvgIpc) is 3.04. The van der Waals surface area contributed by atoms with Gasteiger partial charge in [0.05, 0.1) is 17.1 Å². The number of hydrogen-bond donors (Lipinski definition) is 1. The highest BCUT2D eigenvalue weighted by atomic mass is 16.5. The maximum Gasteiger partial charge on any atom is 0.328 e. The normalized spacial score (nSPS) is 19.0. The third-order valence-electron chi connectivity index (χ3n) is 4.06. The molecule has 0 unspecified atom stereocenters. The van der Waals surface area contributed by atoms with Crippen LogP contribution in [0.1, 0.15) is 18.4 Å². The van der Waals surface area contributed by atoms with Crippen molar-refractivity contribution in [3.05, 3.63) is 34.2 Å². The van der Waals surface area contributed by atoms with E-state index >= 15 is 0 Å². The van der Waals surface area contributed by atoms with Crippen LogP contribution in [0.2, 0.25) is 0 Å². The molecule has 0 spiro atoms. The number of nitrogens with one attached hydrogen (secondary N) is 1. The Bertz CT molecular complexity index is 666. The molecule has 1 aliphatic heterocycles. The van der Waals surface area contributed by atoms with Crippen molar-refractivity contribution in [2.24, 2.45) is 14.1 Å². The van der Waals surface area contributed by atoms with E-state index in [1.54, 1.807) is 16.2 Å². The van der Waals surface area contributed by atoms with Gasteiger partial charge in [-0.3, -0.25) is 9.13 Å². The van der Waals surface area contributed by atoms with E-state index in [0.717, 1.165) is 37.2 Å². The largest absolute Gasteiger partial charge is 0.377 e. The van der Waals surface area contributed by atoms with Gasteiger partial charge in [-0.1, -0.05) is 6.07 Å². The summed E-state index contributed by atoms with van der Waals surface area (Å²) < 4.78 is 8.96. The zero-order chi connectivity index (χ0) is 14.1. The number of rotatable bonds is 4. The Morgan fingerprint density at radius 2 is 2.10 bits per heavy atom. The molecule has 108 valence electrons. The highest BCUT2D eigenvalue weighted by Gasteiger charge is 2.14. The van der Waals surface area contributed by atoms with Gasteiger partial charge in [-0.25, -0.2) is 4.79 Å². The van der Waals surface area contributed by atoms with E-state index in [-0.39, 0.29) is 5.69 Å². The zero-order valence-electron chi connectivity index (χ0n) is 12.1. The van der Waals surface area contributed by atoms with Crippen molar-refractivity contribution in [1.29, 1.82) is 0 Å². The smallest absolute Gasteiger partial charge is 0.328 e. The molecule has 0 amide bonds. The maximum absolute atomic E-state index is 11.9. The molecule has 0 saturated carbocycles. The molecule has 20 heavy (non-hydrogen) atoms. The van der Waals surface area contributed by atoms with Gasteiger partial charge in [0.1, 0.15) is 0 Å². The molecule has 1 atom stereocenters. The summed E-state index contributed by atoms with van der Waals surface area (Å²) in [6, 6.07) is 6.17. The third kappa shape index (κ3) is 2.39. The number of ether oxygens (including phenoxy) is 1. The highest BCUT2D eigenvalue weighted by Crippen LogP contribution is 2.14. The molecule has 0 aliphatic carbocycles. The summed E-state index contributed by atoms with van der Waals surface area (Å²) in [7, 11) is 3.62. The number of hydrogen-bond acceptors (Lipinski definition) is 3. The summed E-state index contributed by atoms with van der Waals surface area (Å²) in [5, 5.41) is 3.43. The molecule has 1 N–H and O–H groups in total. The lowest BCUT2D eigenvalue weighted by Crippen LogP contribution is -2.25. The second-order valence-corrected chi connectivity index (χ2v) is 5.49. The van der Waals surface area contributed by atoms with Crippen LogP contribution < -0.4 is 11.0 Å². The summed E-state index contributed by atoms with van der Waals surface area (Å²) >= 11 is 0. The zero-order valence-corrected chi connectivity index (χ0v) is 12.1. The van der Waals surface area contributed by atoms with Crippen LogP contribution in [0, 0.1) is 0 Å². The van der Waals surface area contributed by atoms with Gasteiger partial charge in [0.25, 0.3) is 0 Å².